The van der Waals surface area contributed by atoms with Crippen LogP contribution in [0.1, 0.15) is 28.3 Å². The quantitative estimate of drug-likeness (QED) is 0.802. The summed E-state index contributed by atoms with van der Waals surface area (Å²) in [6.07, 6.45) is 1.31. The smallest absolute Gasteiger partial charge is 0.0233 e. The Morgan fingerprint density at radius 3 is 2.83 bits per heavy atom. The fourth-order valence-electron chi connectivity index (χ4n) is 2.72. The Balaban J connectivity index is 1.62. The number of hydrogen-bond donors (Lipinski definition) is 0. The normalized spacial score (nSPS) is 20.4. The molecule has 1 aromatic carbocycles. The molecule has 2 heterocycles. The minimum atomic E-state index is 0.757. The summed E-state index contributed by atoms with van der Waals surface area (Å²) < 4.78 is 0. The number of aryl methyl sites for hydroxylation is 1. The van der Waals surface area contributed by atoms with Crippen LogP contribution in [-0.2, 0) is 6.54 Å². The van der Waals surface area contributed by atoms with Crippen molar-refractivity contribution < 1.29 is 0 Å². The van der Waals surface area contributed by atoms with E-state index in [4.69, 9.17) is 0 Å². The van der Waals surface area contributed by atoms with E-state index in [9.17, 15) is 0 Å². The summed E-state index contributed by atoms with van der Waals surface area (Å²) in [7, 11) is 0. The molecule has 1 unspecified atom stereocenters. The first kappa shape index (κ1) is 11.9. The van der Waals surface area contributed by atoms with Crippen LogP contribution in [0.25, 0.3) is 0 Å². The SMILES string of the molecule is Cc1csc(C2CCN(Cc3ccccc3)C2)c1. The highest BCUT2D eigenvalue weighted by Gasteiger charge is 2.24. The number of likely N-dealkylation sites (tertiary alicyclic amines) is 1. The Morgan fingerprint density at radius 1 is 1.28 bits per heavy atom. The molecule has 0 N–H and O–H groups in total. The van der Waals surface area contributed by atoms with Crippen molar-refractivity contribution in [2.45, 2.75) is 25.8 Å². The lowest BCUT2D eigenvalue weighted by molar-refractivity contribution is 0.327. The van der Waals surface area contributed by atoms with Crippen LogP contribution < -0.4 is 0 Å². The molecule has 1 saturated heterocycles. The molecule has 1 atom stereocenters. The van der Waals surface area contributed by atoms with Gasteiger partial charge in [-0.1, -0.05) is 30.3 Å². The van der Waals surface area contributed by atoms with E-state index in [2.05, 4.69) is 53.6 Å². The summed E-state index contributed by atoms with van der Waals surface area (Å²) in [5.41, 5.74) is 2.84. The van der Waals surface area contributed by atoms with Gasteiger partial charge in [0.25, 0.3) is 0 Å². The maximum absolute atomic E-state index is 2.58. The Bertz CT molecular complexity index is 503. The van der Waals surface area contributed by atoms with Crippen molar-refractivity contribution in [3.05, 3.63) is 57.8 Å². The lowest BCUT2D eigenvalue weighted by Gasteiger charge is -2.15. The molecule has 3 rings (SSSR count). The molecule has 2 aromatic rings. The first-order valence-electron chi connectivity index (χ1n) is 6.62. The van der Waals surface area contributed by atoms with Gasteiger partial charge in [-0.2, -0.15) is 0 Å². The zero-order valence-corrected chi connectivity index (χ0v) is 11.6. The number of thiophene rings is 1. The van der Waals surface area contributed by atoms with Crippen LogP contribution in [0, 0.1) is 6.92 Å². The second-order valence-corrected chi connectivity index (χ2v) is 6.18. The predicted octanol–water partition coefficient (Wildman–Crippen LogP) is 4.05. The van der Waals surface area contributed by atoms with Crippen molar-refractivity contribution in [2.24, 2.45) is 0 Å². The van der Waals surface area contributed by atoms with E-state index < -0.39 is 0 Å². The van der Waals surface area contributed by atoms with Gasteiger partial charge < -0.3 is 0 Å². The van der Waals surface area contributed by atoms with Gasteiger partial charge in [0.05, 0.1) is 0 Å². The molecule has 1 nitrogen and oxygen atoms in total. The average molecular weight is 257 g/mol. The van der Waals surface area contributed by atoms with Crippen LogP contribution >= 0.6 is 11.3 Å². The van der Waals surface area contributed by atoms with Crippen LogP contribution in [0.4, 0.5) is 0 Å². The van der Waals surface area contributed by atoms with E-state index in [1.54, 1.807) is 4.88 Å². The largest absolute Gasteiger partial charge is 0.298 e. The summed E-state index contributed by atoms with van der Waals surface area (Å²) in [6, 6.07) is 13.2. The number of hydrogen-bond acceptors (Lipinski definition) is 2. The highest BCUT2D eigenvalue weighted by Crippen LogP contribution is 2.32. The highest BCUT2D eigenvalue weighted by molar-refractivity contribution is 7.10. The summed E-state index contributed by atoms with van der Waals surface area (Å²) in [5, 5.41) is 2.27. The summed E-state index contributed by atoms with van der Waals surface area (Å²) in [6.45, 7) is 5.74. The Morgan fingerprint density at radius 2 is 2.11 bits per heavy atom. The molecule has 0 spiro atoms. The molecule has 18 heavy (non-hydrogen) atoms. The first-order chi connectivity index (χ1) is 8.81. The van der Waals surface area contributed by atoms with Crippen LogP contribution in [0.3, 0.4) is 0 Å². The molecule has 2 heteroatoms. The van der Waals surface area contributed by atoms with Gasteiger partial charge in [0.2, 0.25) is 0 Å². The molecular weight excluding hydrogens is 238 g/mol. The standard InChI is InChI=1S/C16H19NS/c1-13-9-16(18-12-13)15-7-8-17(11-15)10-14-5-3-2-4-6-14/h2-6,9,12,15H,7-8,10-11H2,1H3. The van der Waals surface area contributed by atoms with Gasteiger partial charge in [-0.15, -0.1) is 11.3 Å². The lowest BCUT2D eigenvalue weighted by atomic mass is 10.1. The fraction of sp³-hybridized carbons (Fsp3) is 0.375. The van der Waals surface area contributed by atoms with E-state index >= 15 is 0 Å². The van der Waals surface area contributed by atoms with Crippen LogP contribution in [0.2, 0.25) is 0 Å². The molecule has 1 aliphatic rings. The van der Waals surface area contributed by atoms with E-state index in [0.29, 0.717) is 0 Å². The molecule has 1 aliphatic heterocycles. The van der Waals surface area contributed by atoms with Gasteiger partial charge in [0, 0.05) is 23.9 Å². The predicted molar refractivity (Wildman–Crippen MR) is 78.1 cm³/mol. The highest BCUT2D eigenvalue weighted by atomic mass is 32.1. The third-order valence-electron chi connectivity index (χ3n) is 3.67. The van der Waals surface area contributed by atoms with Crippen molar-refractivity contribution >= 4 is 11.3 Å². The third kappa shape index (κ3) is 2.65. The first-order valence-corrected chi connectivity index (χ1v) is 7.50. The monoisotopic (exact) mass is 257 g/mol. The second-order valence-electron chi connectivity index (χ2n) is 5.23. The molecule has 0 radical (unpaired) electrons. The molecule has 94 valence electrons. The Hall–Kier alpha value is -1.12. The maximum atomic E-state index is 2.58. The molecule has 1 fully saturated rings. The van der Waals surface area contributed by atoms with Gasteiger partial charge in [-0.3, -0.25) is 4.90 Å². The number of benzene rings is 1. The van der Waals surface area contributed by atoms with E-state index in [1.807, 2.05) is 11.3 Å². The second kappa shape index (κ2) is 5.25. The van der Waals surface area contributed by atoms with Gasteiger partial charge in [-0.05, 0) is 42.5 Å². The zero-order chi connectivity index (χ0) is 12.4. The molecule has 0 bridgehead atoms. The van der Waals surface area contributed by atoms with E-state index in [-0.39, 0.29) is 0 Å². The Labute approximate surface area is 113 Å². The lowest BCUT2D eigenvalue weighted by Crippen LogP contribution is -2.19. The van der Waals surface area contributed by atoms with Crippen molar-refractivity contribution in [3.8, 4) is 0 Å². The maximum Gasteiger partial charge on any atom is 0.0233 e. The zero-order valence-electron chi connectivity index (χ0n) is 10.8. The molecule has 0 saturated carbocycles. The minimum Gasteiger partial charge on any atom is -0.298 e. The minimum absolute atomic E-state index is 0.757. The van der Waals surface area contributed by atoms with Gasteiger partial charge in [0.15, 0.2) is 0 Å². The van der Waals surface area contributed by atoms with E-state index in [1.165, 1.54) is 30.6 Å². The molecular formula is C16H19NS. The van der Waals surface area contributed by atoms with Crippen LogP contribution in [-0.4, -0.2) is 18.0 Å². The Kier molecular flexibility index (Phi) is 3.48. The third-order valence-corrected chi connectivity index (χ3v) is 4.89. The molecule has 0 amide bonds. The van der Waals surface area contributed by atoms with Crippen molar-refractivity contribution in [2.75, 3.05) is 13.1 Å². The van der Waals surface area contributed by atoms with Gasteiger partial charge in [0.1, 0.15) is 0 Å². The number of rotatable bonds is 3. The van der Waals surface area contributed by atoms with Crippen molar-refractivity contribution in [1.82, 2.24) is 4.90 Å². The molecule has 0 aliphatic carbocycles. The summed E-state index contributed by atoms with van der Waals surface area (Å²) in [5.74, 6) is 0.757. The van der Waals surface area contributed by atoms with Crippen LogP contribution in [0.5, 0.6) is 0 Å². The summed E-state index contributed by atoms with van der Waals surface area (Å²) in [4.78, 5) is 4.15. The van der Waals surface area contributed by atoms with E-state index in [0.717, 1.165) is 12.5 Å². The van der Waals surface area contributed by atoms with Gasteiger partial charge >= 0.3 is 0 Å². The molecule has 1 aromatic heterocycles. The topological polar surface area (TPSA) is 3.24 Å². The average Bonchev–Trinajstić information content (AvgIpc) is 2.99. The van der Waals surface area contributed by atoms with Crippen molar-refractivity contribution in [1.29, 1.82) is 0 Å². The van der Waals surface area contributed by atoms with Crippen molar-refractivity contribution in [3.63, 3.8) is 0 Å². The number of nitrogens with zero attached hydrogens (tertiary/aromatic N) is 1. The van der Waals surface area contributed by atoms with Gasteiger partial charge in [-0.25, -0.2) is 0 Å². The fourth-order valence-corrected chi connectivity index (χ4v) is 3.75. The van der Waals surface area contributed by atoms with Crippen LogP contribution in [0.15, 0.2) is 41.8 Å². The summed E-state index contributed by atoms with van der Waals surface area (Å²) >= 11 is 1.93.